The van der Waals surface area contributed by atoms with Gasteiger partial charge in [-0.15, -0.1) is 0 Å². The molecule has 0 radical (unpaired) electrons. The molecule has 0 bridgehead atoms. The number of rotatable bonds is 3. The standard InChI is InChI=1S/C62H32N8O2/c63-32-36-15-21-52-44(26-36)45-29-39(69-54-22-16-37(33-64)27-58(54)72-59-28-38(34-65)17-23-55(59)69)19-24-53(45)68(52)40-18-20-47-57(31-40)71-56-14-6-3-10-46(56)62(47)48-11-7-25-66-60(48)61-49(62)30-41(35-67-61)70-50-12-4-1-8-42(50)43-9-2-5-13-51(43)70/h1-31,35H. The third-order valence-corrected chi connectivity index (χ3v) is 14.7. The van der Waals surface area contributed by atoms with Crippen LogP contribution in [0, 0.1) is 34.0 Å². The van der Waals surface area contributed by atoms with E-state index in [2.05, 4.69) is 141 Å². The Balaban J connectivity index is 0.945. The monoisotopic (exact) mass is 920 g/mol. The Morgan fingerprint density at radius 2 is 0.944 bits per heavy atom. The van der Waals surface area contributed by atoms with Gasteiger partial charge in [-0.05, 0) is 103 Å². The highest BCUT2D eigenvalue weighted by Gasteiger charge is 2.52. The van der Waals surface area contributed by atoms with Gasteiger partial charge < -0.3 is 23.5 Å². The van der Waals surface area contributed by atoms with Crippen LogP contribution in [-0.4, -0.2) is 19.1 Å². The first-order chi connectivity index (χ1) is 35.5. The van der Waals surface area contributed by atoms with E-state index >= 15 is 0 Å². The molecule has 1 aliphatic carbocycles. The van der Waals surface area contributed by atoms with Crippen LogP contribution in [0.15, 0.2) is 194 Å². The maximum Gasteiger partial charge on any atom is 0.152 e. The Bertz CT molecular complexity index is 4430. The summed E-state index contributed by atoms with van der Waals surface area (Å²) in [5.41, 5.74) is 14.5. The van der Waals surface area contributed by atoms with E-state index in [9.17, 15) is 15.8 Å². The van der Waals surface area contributed by atoms with E-state index in [4.69, 9.17) is 19.4 Å². The summed E-state index contributed by atoms with van der Waals surface area (Å²) in [5, 5.41) is 34.0. The summed E-state index contributed by atoms with van der Waals surface area (Å²) < 4.78 is 17.9. The first-order valence-corrected chi connectivity index (χ1v) is 23.5. The number of anilines is 3. The first-order valence-electron chi connectivity index (χ1n) is 23.5. The topological polar surface area (TPSA) is 129 Å². The fourth-order valence-electron chi connectivity index (χ4n) is 11.8. The van der Waals surface area contributed by atoms with E-state index in [-0.39, 0.29) is 0 Å². The van der Waals surface area contributed by atoms with E-state index in [1.54, 1.807) is 24.3 Å². The molecule has 10 nitrogen and oxygen atoms in total. The minimum Gasteiger partial charge on any atom is -0.457 e. The number of benzene rings is 8. The highest BCUT2D eigenvalue weighted by Crippen LogP contribution is 2.62. The third kappa shape index (κ3) is 5.23. The van der Waals surface area contributed by atoms with Gasteiger partial charge in [-0.2, -0.15) is 15.8 Å². The van der Waals surface area contributed by atoms with Crippen molar-refractivity contribution < 1.29 is 9.47 Å². The van der Waals surface area contributed by atoms with Crippen molar-refractivity contribution in [3.05, 3.63) is 233 Å². The number of hydrogen-bond donors (Lipinski definition) is 0. The lowest BCUT2D eigenvalue weighted by Gasteiger charge is -2.39. The molecule has 1 unspecified atom stereocenters. The SMILES string of the molecule is N#Cc1ccc2c(c1)Oc1cc(C#N)ccc1N2c1ccc2c(c1)c1cc(C#N)ccc1n2-c1ccc2c(c1)Oc1ccccc1C21c2cccnc2-c2ncc(-n3c4ccccc4c4ccccc43)cc21. The van der Waals surface area contributed by atoms with Crippen LogP contribution in [0.3, 0.4) is 0 Å². The molecule has 2 aliphatic heterocycles. The molecule has 0 N–H and O–H groups in total. The summed E-state index contributed by atoms with van der Waals surface area (Å²) in [6.45, 7) is 0. The van der Waals surface area contributed by atoms with Crippen molar-refractivity contribution in [3.63, 3.8) is 0 Å². The number of pyridine rings is 2. The van der Waals surface area contributed by atoms with Crippen molar-refractivity contribution in [2.75, 3.05) is 4.90 Å². The predicted octanol–water partition coefficient (Wildman–Crippen LogP) is 14.3. The average Bonchev–Trinajstić information content (AvgIpc) is 4.05. The second-order valence-corrected chi connectivity index (χ2v) is 18.3. The molecule has 0 amide bonds. The van der Waals surface area contributed by atoms with E-state index in [1.807, 2.05) is 60.9 Å². The van der Waals surface area contributed by atoms with Crippen LogP contribution in [0.25, 0.3) is 66.4 Å². The summed E-state index contributed by atoms with van der Waals surface area (Å²) in [6.07, 6.45) is 3.82. The highest BCUT2D eigenvalue weighted by molar-refractivity contribution is 6.12. The minimum absolute atomic E-state index is 0.457. The average molecular weight is 921 g/mol. The van der Waals surface area contributed by atoms with Crippen LogP contribution in [0.1, 0.15) is 38.9 Å². The second-order valence-electron chi connectivity index (χ2n) is 18.3. The quantitative estimate of drug-likeness (QED) is 0.171. The van der Waals surface area contributed by atoms with Gasteiger partial charge in [0, 0.05) is 74.0 Å². The van der Waals surface area contributed by atoms with Gasteiger partial charge in [0.15, 0.2) is 11.5 Å². The zero-order chi connectivity index (χ0) is 47.8. The fourth-order valence-corrected chi connectivity index (χ4v) is 11.8. The Morgan fingerprint density at radius 1 is 0.389 bits per heavy atom. The number of nitriles is 3. The first kappa shape index (κ1) is 39.5. The van der Waals surface area contributed by atoms with Gasteiger partial charge in [0.2, 0.25) is 0 Å². The smallest absolute Gasteiger partial charge is 0.152 e. The molecule has 1 spiro atoms. The molecule has 0 saturated carbocycles. The fraction of sp³-hybridized carbons (Fsp3) is 0.0161. The summed E-state index contributed by atoms with van der Waals surface area (Å²) in [5.74, 6) is 2.45. The van der Waals surface area contributed by atoms with Crippen LogP contribution in [0.2, 0.25) is 0 Å². The molecular weight excluding hydrogens is 889 g/mol. The summed E-state index contributed by atoms with van der Waals surface area (Å²) in [4.78, 5) is 12.4. The highest BCUT2D eigenvalue weighted by atomic mass is 16.5. The maximum absolute atomic E-state index is 10.2. The molecule has 72 heavy (non-hydrogen) atoms. The predicted molar refractivity (Wildman–Crippen MR) is 277 cm³/mol. The summed E-state index contributed by atoms with van der Waals surface area (Å²) in [7, 11) is 0. The lowest BCUT2D eigenvalue weighted by molar-refractivity contribution is 0.436. The zero-order valence-electron chi connectivity index (χ0n) is 37.9. The van der Waals surface area contributed by atoms with Gasteiger partial charge >= 0.3 is 0 Å². The van der Waals surface area contributed by atoms with Gasteiger partial charge in [-0.25, -0.2) is 0 Å². The Kier molecular flexibility index (Phi) is 7.97. The molecule has 8 aromatic carbocycles. The molecule has 1 atom stereocenters. The molecular formula is C62H32N8O2. The van der Waals surface area contributed by atoms with Crippen molar-refractivity contribution >= 4 is 60.7 Å². The van der Waals surface area contributed by atoms with Crippen LogP contribution in [0.5, 0.6) is 23.0 Å². The van der Waals surface area contributed by atoms with Gasteiger partial charge in [-0.1, -0.05) is 66.7 Å². The van der Waals surface area contributed by atoms with Crippen molar-refractivity contribution in [2.24, 2.45) is 0 Å². The van der Waals surface area contributed by atoms with Crippen LogP contribution >= 0.6 is 0 Å². The largest absolute Gasteiger partial charge is 0.457 e. The van der Waals surface area contributed by atoms with Gasteiger partial charge in [0.1, 0.15) is 11.5 Å². The second kappa shape index (κ2) is 14.5. The Labute approximate surface area is 410 Å². The number of aromatic nitrogens is 4. The van der Waals surface area contributed by atoms with E-state index in [1.165, 1.54) is 10.8 Å². The molecule has 4 aromatic heterocycles. The van der Waals surface area contributed by atoms with Crippen LogP contribution < -0.4 is 14.4 Å². The molecule has 12 aromatic rings. The lowest BCUT2D eigenvalue weighted by atomic mass is 9.66. The lowest BCUT2D eigenvalue weighted by Crippen LogP contribution is -2.32. The molecule has 0 saturated heterocycles. The molecule has 3 aliphatic rings. The zero-order valence-corrected chi connectivity index (χ0v) is 37.9. The number of fused-ring (bicyclic) bond motifs is 17. The molecule has 0 fully saturated rings. The van der Waals surface area contributed by atoms with Gasteiger partial charge in [-0.3, -0.25) is 9.97 Å². The van der Waals surface area contributed by atoms with E-state index in [0.29, 0.717) is 33.9 Å². The molecule has 6 heterocycles. The van der Waals surface area contributed by atoms with Crippen molar-refractivity contribution in [1.82, 2.24) is 19.1 Å². The third-order valence-electron chi connectivity index (χ3n) is 14.7. The number of hydrogen-bond acceptors (Lipinski definition) is 8. The van der Waals surface area contributed by atoms with Crippen LogP contribution in [0.4, 0.5) is 17.1 Å². The van der Waals surface area contributed by atoms with E-state index < -0.39 is 5.41 Å². The van der Waals surface area contributed by atoms with Gasteiger partial charge in [0.05, 0.1) is 97.0 Å². The maximum atomic E-state index is 10.2. The normalized spacial score (nSPS) is 14.6. The molecule has 10 heteroatoms. The summed E-state index contributed by atoms with van der Waals surface area (Å²) in [6, 6.07) is 68.0. The van der Waals surface area contributed by atoms with Crippen molar-refractivity contribution in [2.45, 2.75) is 5.41 Å². The number of nitrogens with zero attached hydrogens (tertiary/aromatic N) is 8. The minimum atomic E-state index is -0.840. The van der Waals surface area contributed by atoms with Crippen molar-refractivity contribution in [3.8, 4) is 64.0 Å². The van der Waals surface area contributed by atoms with Gasteiger partial charge in [0.25, 0.3) is 0 Å². The van der Waals surface area contributed by atoms with E-state index in [0.717, 1.165) is 101 Å². The van der Waals surface area contributed by atoms with Crippen molar-refractivity contribution in [1.29, 1.82) is 15.8 Å². The van der Waals surface area contributed by atoms with Crippen LogP contribution in [-0.2, 0) is 5.41 Å². The summed E-state index contributed by atoms with van der Waals surface area (Å²) >= 11 is 0. The number of para-hydroxylation sites is 3. The Hall–Kier alpha value is -10.5. The number of ether oxygens (including phenoxy) is 2. The Morgan fingerprint density at radius 3 is 1.68 bits per heavy atom. The molecule has 15 rings (SSSR count). The molecule has 332 valence electrons.